The van der Waals surface area contributed by atoms with Crippen molar-refractivity contribution in [1.29, 1.82) is 0 Å². The van der Waals surface area contributed by atoms with Gasteiger partial charge in [-0.3, -0.25) is 9.69 Å². The van der Waals surface area contributed by atoms with Gasteiger partial charge in [0.15, 0.2) is 5.60 Å². The van der Waals surface area contributed by atoms with Gasteiger partial charge in [0.25, 0.3) is 5.91 Å². The predicted octanol–water partition coefficient (Wildman–Crippen LogP) is 0.603. The highest BCUT2D eigenvalue weighted by Gasteiger charge is 2.41. The molecule has 1 atom stereocenters. The standard InChI is InChI=1S/C19H29N3O4/c1-18(17(20)23)13-21(10-11-26-18)14-19(24)6-8-22(9-7-19)15-4-3-5-16(12-15)25-2/h3-5,12,24H,6-11,13-14H2,1-2H3,(H2,20,23). The summed E-state index contributed by atoms with van der Waals surface area (Å²) in [5.74, 6) is 0.379. The van der Waals surface area contributed by atoms with E-state index in [2.05, 4.69) is 15.9 Å². The maximum absolute atomic E-state index is 11.6. The lowest BCUT2D eigenvalue weighted by molar-refractivity contribution is -0.157. The third kappa shape index (κ3) is 4.11. The van der Waals surface area contributed by atoms with Crippen LogP contribution >= 0.6 is 0 Å². The summed E-state index contributed by atoms with van der Waals surface area (Å²) in [7, 11) is 1.66. The predicted molar refractivity (Wildman–Crippen MR) is 99.4 cm³/mol. The first kappa shape index (κ1) is 18.9. The molecule has 0 bridgehead atoms. The third-order valence-electron chi connectivity index (χ3n) is 5.51. The number of hydrogen-bond acceptors (Lipinski definition) is 6. The van der Waals surface area contributed by atoms with Crippen LogP contribution in [0.2, 0.25) is 0 Å². The second kappa shape index (κ2) is 7.42. The van der Waals surface area contributed by atoms with Crippen molar-refractivity contribution in [2.75, 3.05) is 51.3 Å². The van der Waals surface area contributed by atoms with E-state index in [1.165, 1.54) is 0 Å². The van der Waals surface area contributed by atoms with Gasteiger partial charge in [-0.15, -0.1) is 0 Å². The van der Waals surface area contributed by atoms with Gasteiger partial charge in [-0.05, 0) is 31.9 Å². The Labute approximate surface area is 154 Å². The highest BCUT2D eigenvalue weighted by Crippen LogP contribution is 2.30. The Morgan fingerprint density at radius 1 is 1.35 bits per heavy atom. The molecule has 7 heteroatoms. The lowest BCUT2D eigenvalue weighted by Crippen LogP contribution is -2.60. The molecule has 0 saturated carbocycles. The number of hydrogen-bond donors (Lipinski definition) is 2. The smallest absolute Gasteiger partial charge is 0.250 e. The van der Waals surface area contributed by atoms with E-state index in [-0.39, 0.29) is 0 Å². The van der Waals surface area contributed by atoms with E-state index in [1.807, 2.05) is 18.2 Å². The van der Waals surface area contributed by atoms with Crippen LogP contribution in [0.15, 0.2) is 24.3 Å². The van der Waals surface area contributed by atoms with Crippen molar-refractivity contribution >= 4 is 11.6 Å². The molecule has 2 aliphatic heterocycles. The molecule has 3 N–H and O–H groups in total. The van der Waals surface area contributed by atoms with Crippen molar-refractivity contribution in [3.05, 3.63) is 24.3 Å². The Balaban J connectivity index is 1.58. The fourth-order valence-electron chi connectivity index (χ4n) is 3.80. The average Bonchev–Trinajstić information content (AvgIpc) is 2.62. The second-order valence-corrected chi connectivity index (χ2v) is 7.57. The van der Waals surface area contributed by atoms with Crippen LogP contribution in [-0.2, 0) is 9.53 Å². The van der Waals surface area contributed by atoms with E-state index in [1.54, 1.807) is 14.0 Å². The first-order valence-corrected chi connectivity index (χ1v) is 9.11. The summed E-state index contributed by atoms with van der Waals surface area (Å²) in [4.78, 5) is 16.0. The molecule has 1 aromatic rings. The molecule has 2 fully saturated rings. The summed E-state index contributed by atoms with van der Waals surface area (Å²) >= 11 is 0. The summed E-state index contributed by atoms with van der Waals surface area (Å²) in [6.07, 6.45) is 1.35. The van der Waals surface area contributed by atoms with Crippen LogP contribution in [0.5, 0.6) is 5.75 Å². The molecule has 0 spiro atoms. The Bertz CT molecular complexity index is 645. The number of β-amino-alcohol motifs (C(OH)–C–C–N with tert-alkyl or cyclic N) is 1. The summed E-state index contributed by atoms with van der Waals surface area (Å²) < 4.78 is 10.9. The largest absolute Gasteiger partial charge is 0.497 e. The van der Waals surface area contributed by atoms with Crippen LogP contribution in [0.25, 0.3) is 0 Å². The first-order chi connectivity index (χ1) is 12.3. The summed E-state index contributed by atoms with van der Waals surface area (Å²) in [5.41, 5.74) is 4.84. The van der Waals surface area contributed by atoms with E-state index in [0.717, 1.165) is 24.5 Å². The number of benzene rings is 1. The van der Waals surface area contributed by atoms with Crippen LogP contribution in [0, 0.1) is 0 Å². The molecule has 2 heterocycles. The van der Waals surface area contributed by atoms with Crippen LogP contribution in [0.1, 0.15) is 19.8 Å². The quantitative estimate of drug-likeness (QED) is 0.797. The van der Waals surface area contributed by atoms with Gasteiger partial charge in [-0.25, -0.2) is 0 Å². The van der Waals surface area contributed by atoms with Gasteiger partial charge in [0.05, 0.1) is 19.3 Å². The van der Waals surface area contributed by atoms with Crippen LogP contribution in [0.3, 0.4) is 0 Å². The number of nitrogens with zero attached hydrogens (tertiary/aromatic N) is 2. The van der Waals surface area contributed by atoms with Gasteiger partial charge < -0.3 is 25.2 Å². The molecule has 7 nitrogen and oxygen atoms in total. The Hall–Kier alpha value is -1.83. The van der Waals surface area contributed by atoms with Gasteiger partial charge in [-0.2, -0.15) is 0 Å². The number of morpholine rings is 1. The highest BCUT2D eigenvalue weighted by atomic mass is 16.5. The molecule has 144 valence electrons. The van der Waals surface area contributed by atoms with E-state index >= 15 is 0 Å². The Morgan fingerprint density at radius 2 is 2.08 bits per heavy atom. The zero-order chi connectivity index (χ0) is 18.8. The molecule has 0 radical (unpaired) electrons. The Morgan fingerprint density at radius 3 is 2.73 bits per heavy atom. The molecule has 0 aliphatic carbocycles. The number of carbonyl (C=O) groups is 1. The number of piperidine rings is 1. The van der Waals surface area contributed by atoms with E-state index in [9.17, 15) is 9.90 Å². The average molecular weight is 363 g/mol. The minimum absolute atomic E-state index is 0.421. The number of methoxy groups -OCH3 is 1. The molecule has 1 aromatic carbocycles. The van der Waals surface area contributed by atoms with E-state index in [4.69, 9.17) is 15.2 Å². The minimum atomic E-state index is -0.976. The second-order valence-electron chi connectivity index (χ2n) is 7.57. The molecule has 1 amide bonds. The van der Waals surface area contributed by atoms with Crippen LogP contribution in [-0.4, -0.2) is 73.6 Å². The van der Waals surface area contributed by atoms with Gasteiger partial charge in [-0.1, -0.05) is 6.07 Å². The molecule has 1 unspecified atom stereocenters. The van der Waals surface area contributed by atoms with Gasteiger partial charge in [0.1, 0.15) is 5.75 Å². The zero-order valence-electron chi connectivity index (χ0n) is 15.6. The molecule has 2 saturated heterocycles. The number of nitrogens with two attached hydrogens (primary N) is 1. The number of amides is 1. The summed E-state index contributed by atoms with van der Waals surface area (Å²) in [6.45, 7) is 5.38. The van der Waals surface area contributed by atoms with Crippen molar-refractivity contribution in [2.45, 2.75) is 31.0 Å². The fraction of sp³-hybridized carbons (Fsp3) is 0.632. The van der Waals surface area contributed by atoms with Crippen molar-refractivity contribution in [2.24, 2.45) is 5.73 Å². The highest BCUT2D eigenvalue weighted by molar-refractivity contribution is 5.83. The van der Waals surface area contributed by atoms with Crippen molar-refractivity contribution < 1.29 is 19.4 Å². The summed E-state index contributed by atoms with van der Waals surface area (Å²) in [6, 6.07) is 7.99. The lowest BCUT2D eigenvalue weighted by atomic mass is 9.89. The van der Waals surface area contributed by atoms with Crippen molar-refractivity contribution in [1.82, 2.24) is 4.90 Å². The number of anilines is 1. The molecular formula is C19H29N3O4. The fourth-order valence-corrected chi connectivity index (χ4v) is 3.80. The SMILES string of the molecule is COc1cccc(N2CCC(O)(CN3CCOC(C)(C(N)=O)C3)CC2)c1. The number of primary amides is 1. The Kier molecular flexibility index (Phi) is 5.41. The zero-order valence-corrected chi connectivity index (χ0v) is 15.6. The van der Waals surface area contributed by atoms with E-state index < -0.39 is 17.1 Å². The number of aliphatic hydroxyl groups is 1. The summed E-state index contributed by atoms with van der Waals surface area (Å²) in [5, 5.41) is 11.0. The van der Waals surface area contributed by atoms with Crippen LogP contribution in [0.4, 0.5) is 5.69 Å². The van der Waals surface area contributed by atoms with E-state index in [0.29, 0.717) is 39.1 Å². The molecule has 0 aromatic heterocycles. The normalized spacial score (nSPS) is 26.5. The number of ether oxygens (including phenoxy) is 2. The molecule has 26 heavy (non-hydrogen) atoms. The molecular weight excluding hydrogens is 334 g/mol. The monoisotopic (exact) mass is 363 g/mol. The third-order valence-corrected chi connectivity index (χ3v) is 5.51. The number of carbonyl (C=O) groups excluding carboxylic acids is 1. The van der Waals surface area contributed by atoms with Gasteiger partial charge in [0.2, 0.25) is 0 Å². The topological polar surface area (TPSA) is 88.3 Å². The molecule has 3 rings (SSSR count). The molecule has 2 aliphatic rings. The first-order valence-electron chi connectivity index (χ1n) is 9.11. The van der Waals surface area contributed by atoms with Crippen molar-refractivity contribution in [3.63, 3.8) is 0 Å². The van der Waals surface area contributed by atoms with Crippen LogP contribution < -0.4 is 15.4 Å². The van der Waals surface area contributed by atoms with Gasteiger partial charge >= 0.3 is 0 Å². The maximum Gasteiger partial charge on any atom is 0.250 e. The maximum atomic E-state index is 11.6. The lowest BCUT2D eigenvalue weighted by Gasteiger charge is -2.45. The minimum Gasteiger partial charge on any atom is -0.497 e. The number of rotatable bonds is 5. The van der Waals surface area contributed by atoms with Crippen molar-refractivity contribution in [3.8, 4) is 5.75 Å². The van der Waals surface area contributed by atoms with Gasteiger partial charge in [0, 0.05) is 44.5 Å².